The maximum Gasteiger partial charge on any atom is 0.274 e. The van der Waals surface area contributed by atoms with Crippen LogP contribution in [0.2, 0.25) is 0 Å². The molecule has 108 valence electrons. The lowest BCUT2D eigenvalue weighted by molar-refractivity contribution is 0.0953. The number of furan rings is 1. The van der Waals surface area contributed by atoms with E-state index in [9.17, 15) is 4.79 Å². The van der Waals surface area contributed by atoms with Crippen LogP contribution in [0.25, 0.3) is 0 Å². The second-order valence-corrected chi connectivity index (χ2v) is 6.38. The molecular weight excluding hydrogens is 252 g/mol. The van der Waals surface area contributed by atoms with E-state index in [-0.39, 0.29) is 11.3 Å². The zero-order valence-corrected chi connectivity index (χ0v) is 12.8. The monoisotopic (exact) mass is 274 g/mol. The first-order chi connectivity index (χ1) is 9.27. The number of hydrazone groups is 1. The van der Waals surface area contributed by atoms with Gasteiger partial charge in [0.05, 0.1) is 11.3 Å². The summed E-state index contributed by atoms with van der Waals surface area (Å²) in [4.78, 5) is 12.1. The molecule has 0 atom stereocenters. The van der Waals surface area contributed by atoms with Crippen molar-refractivity contribution < 1.29 is 9.21 Å². The molecule has 0 spiro atoms. The number of amides is 1. The molecule has 1 heterocycles. The molecule has 1 aromatic rings. The molecule has 1 N–H and O–H groups in total. The Hall–Kier alpha value is -1.84. The van der Waals surface area contributed by atoms with Gasteiger partial charge in [-0.15, -0.1) is 0 Å². The maximum absolute atomic E-state index is 12.1. The summed E-state index contributed by atoms with van der Waals surface area (Å²) in [5, 5.41) is 4.25. The maximum atomic E-state index is 12.1. The summed E-state index contributed by atoms with van der Waals surface area (Å²) in [6.07, 6.45) is 3.99. The summed E-state index contributed by atoms with van der Waals surface area (Å²) >= 11 is 0. The summed E-state index contributed by atoms with van der Waals surface area (Å²) in [6.45, 7) is 10.1. The highest BCUT2D eigenvalue weighted by Gasteiger charge is 2.25. The Labute approximate surface area is 119 Å². The lowest BCUT2D eigenvalue weighted by Gasteiger charge is -2.29. The molecule has 0 saturated heterocycles. The zero-order valence-electron chi connectivity index (χ0n) is 12.8. The Morgan fingerprint density at radius 3 is 2.55 bits per heavy atom. The van der Waals surface area contributed by atoms with Gasteiger partial charge in [-0.2, -0.15) is 5.10 Å². The first-order valence-corrected chi connectivity index (χ1v) is 6.88. The first-order valence-electron chi connectivity index (χ1n) is 6.88. The normalized spacial score (nSPS) is 19.9. The van der Waals surface area contributed by atoms with Gasteiger partial charge in [0.15, 0.2) is 0 Å². The van der Waals surface area contributed by atoms with Crippen molar-refractivity contribution in [3.8, 4) is 0 Å². The molecule has 4 heteroatoms. The summed E-state index contributed by atoms with van der Waals surface area (Å²) in [5.74, 6) is 1.13. The molecule has 1 aromatic heterocycles. The molecule has 1 amide bonds. The van der Waals surface area contributed by atoms with Gasteiger partial charge in [0.2, 0.25) is 0 Å². The highest BCUT2D eigenvalue weighted by molar-refractivity contribution is 6.00. The summed E-state index contributed by atoms with van der Waals surface area (Å²) in [6, 6.07) is 1.73. The molecule has 0 aliphatic heterocycles. The molecule has 20 heavy (non-hydrogen) atoms. The summed E-state index contributed by atoms with van der Waals surface area (Å²) in [7, 11) is 0. The lowest BCUT2D eigenvalue weighted by Crippen LogP contribution is -2.25. The molecule has 0 fully saturated rings. The van der Waals surface area contributed by atoms with E-state index >= 15 is 0 Å². The molecule has 0 saturated carbocycles. The van der Waals surface area contributed by atoms with Crippen molar-refractivity contribution in [3.63, 3.8) is 0 Å². The second kappa shape index (κ2) is 5.27. The van der Waals surface area contributed by atoms with Crippen molar-refractivity contribution >= 4 is 11.6 Å². The minimum atomic E-state index is -0.221. The van der Waals surface area contributed by atoms with Gasteiger partial charge in [-0.1, -0.05) is 19.4 Å². The average Bonchev–Trinajstić information content (AvgIpc) is 2.63. The van der Waals surface area contributed by atoms with Crippen LogP contribution in [0.4, 0.5) is 0 Å². The van der Waals surface area contributed by atoms with E-state index in [1.165, 1.54) is 5.57 Å². The Morgan fingerprint density at radius 1 is 1.30 bits per heavy atom. The molecule has 2 rings (SSSR count). The largest absolute Gasteiger partial charge is 0.466 e. The Bertz CT molecular complexity index is 592. The van der Waals surface area contributed by atoms with Gasteiger partial charge in [0.25, 0.3) is 5.91 Å². The van der Waals surface area contributed by atoms with E-state index in [1.807, 2.05) is 6.92 Å². The quantitative estimate of drug-likeness (QED) is 0.835. The molecule has 1 aliphatic carbocycles. The van der Waals surface area contributed by atoms with Crippen LogP contribution in [0.3, 0.4) is 0 Å². The van der Waals surface area contributed by atoms with E-state index in [0.717, 1.165) is 24.3 Å². The van der Waals surface area contributed by atoms with Gasteiger partial charge in [0, 0.05) is 0 Å². The van der Waals surface area contributed by atoms with Crippen LogP contribution in [0.15, 0.2) is 27.2 Å². The van der Waals surface area contributed by atoms with Gasteiger partial charge in [-0.3, -0.25) is 4.79 Å². The predicted molar refractivity (Wildman–Crippen MR) is 79.9 cm³/mol. The third-order valence-corrected chi connectivity index (χ3v) is 3.42. The number of hydrogen-bond donors (Lipinski definition) is 1. The van der Waals surface area contributed by atoms with Crippen molar-refractivity contribution in [2.24, 2.45) is 10.5 Å². The fraction of sp³-hybridized carbons (Fsp3) is 0.500. The van der Waals surface area contributed by atoms with Gasteiger partial charge in [0.1, 0.15) is 11.5 Å². The molecule has 4 nitrogen and oxygen atoms in total. The summed E-state index contributed by atoms with van der Waals surface area (Å²) < 4.78 is 5.36. The third kappa shape index (κ3) is 3.38. The molecule has 0 bridgehead atoms. The fourth-order valence-electron chi connectivity index (χ4n) is 2.80. The van der Waals surface area contributed by atoms with Crippen molar-refractivity contribution in [2.45, 2.75) is 47.5 Å². The van der Waals surface area contributed by atoms with Crippen LogP contribution in [0.5, 0.6) is 0 Å². The molecule has 0 radical (unpaired) electrons. The van der Waals surface area contributed by atoms with Crippen LogP contribution in [-0.4, -0.2) is 11.6 Å². The van der Waals surface area contributed by atoms with Crippen LogP contribution >= 0.6 is 0 Å². The summed E-state index contributed by atoms with van der Waals surface area (Å²) in [5.41, 5.74) is 5.59. The van der Waals surface area contributed by atoms with Crippen molar-refractivity contribution in [1.29, 1.82) is 0 Å². The Kier molecular flexibility index (Phi) is 3.84. The van der Waals surface area contributed by atoms with E-state index in [0.29, 0.717) is 11.3 Å². The van der Waals surface area contributed by atoms with Crippen LogP contribution in [0, 0.1) is 19.3 Å². The number of rotatable bonds is 2. The third-order valence-electron chi connectivity index (χ3n) is 3.42. The molecule has 1 aliphatic rings. The number of nitrogens with one attached hydrogen (secondary N) is 1. The number of allylic oxidation sites excluding steroid dienone is 2. The van der Waals surface area contributed by atoms with Crippen molar-refractivity contribution in [3.05, 3.63) is 34.8 Å². The minimum absolute atomic E-state index is 0.199. The molecule has 0 aromatic carbocycles. The SMILES string of the molecule is CC1=C/C(=N\NC(=O)c2cc(C)oc2C)CC(C)(C)C1. The van der Waals surface area contributed by atoms with E-state index in [1.54, 1.807) is 13.0 Å². The first kappa shape index (κ1) is 14.6. The lowest BCUT2D eigenvalue weighted by atomic mass is 9.77. The topological polar surface area (TPSA) is 54.6 Å². The second-order valence-electron chi connectivity index (χ2n) is 6.38. The van der Waals surface area contributed by atoms with Gasteiger partial charge < -0.3 is 4.42 Å². The van der Waals surface area contributed by atoms with Crippen LogP contribution in [-0.2, 0) is 0 Å². The van der Waals surface area contributed by atoms with Gasteiger partial charge in [-0.25, -0.2) is 5.43 Å². The van der Waals surface area contributed by atoms with E-state index in [2.05, 4.69) is 37.4 Å². The van der Waals surface area contributed by atoms with Gasteiger partial charge >= 0.3 is 0 Å². The zero-order chi connectivity index (χ0) is 14.9. The highest BCUT2D eigenvalue weighted by Crippen LogP contribution is 2.33. The molecule has 0 unspecified atom stereocenters. The fourth-order valence-corrected chi connectivity index (χ4v) is 2.80. The number of aryl methyl sites for hydroxylation is 2. The minimum Gasteiger partial charge on any atom is -0.466 e. The van der Waals surface area contributed by atoms with Crippen LogP contribution < -0.4 is 5.43 Å². The van der Waals surface area contributed by atoms with E-state index in [4.69, 9.17) is 4.42 Å². The Morgan fingerprint density at radius 2 is 2.00 bits per heavy atom. The highest BCUT2D eigenvalue weighted by atomic mass is 16.3. The predicted octanol–water partition coefficient (Wildman–Crippen LogP) is 3.75. The Balaban J connectivity index is 2.11. The smallest absolute Gasteiger partial charge is 0.274 e. The number of hydrogen-bond acceptors (Lipinski definition) is 3. The van der Waals surface area contributed by atoms with Crippen LogP contribution in [0.1, 0.15) is 55.5 Å². The number of carbonyl (C=O) groups is 1. The molecular formula is C16H22N2O2. The average molecular weight is 274 g/mol. The number of carbonyl (C=O) groups excluding carboxylic acids is 1. The standard InChI is InChI=1S/C16H22N2O2/c1-10-6-13(9-16(4,5)8-10)17-18-15(19)14-7-11(2)20-12(14)3/h6-7H,8-9H2,1-5H3,(H,18,19)/b17-13+. The van der Waals surface area contributed by atoms with E-state index < -0.39 is 0 Å². The number of nitrogens with zero attached hydrogens (tertiary/aromatic N) is 1. The van der Waals surface area contributed by atoms with Crippen molar-refractivity contribution in [1.82, 2.24) is 5.43 Å². The van der Waals surface area contributed by atoms with Gasteiger partial charge in [-0.05, 0) is 51.2 Å². The van der Waals surface area contributed by atoms with Crippen molar-refractivity contribution in [2.75, 3.05) is 0 Å².